The van der Waals surface area contributed by atoms with E-state index in [9.17, 15) is 4.79 Å². The predicted octanol–water partition coefficient (Wildman–Crippen LogP) is 5.42. The van der Waals surface area contributed by atoms with Crippen LogP contribution in [0.5, 0.6) is 0 Å². The van der Waals surface area contributed by atoms with Gasteiger partial charge >= 0.3 is 5.97 Å². The number of ether oxygens (including phenoxy) is 1. The van der Waals surface area contributed by atoms with Crippen LogP contribution in [0.3, 0.4) is 0 Å². The van der Waals surface area contributed by atoms with Crippen LogP contribution >= 0.6 is 0 Å². The van der Waals surface area contributed by atoms with Crippen molar-refractivity contribution < 1.29 is 14.4 Å². The molecule has 0 atom stereocenters. The summed E-state index contributed by atoms with van der Waals surface area (Å²) in [6.07, 6.45) is 5.39. The van der Waals surface area contributed by atoms with Crippen LogP contribution in [0.1, 0.15) is 61.5 Å². The van der Waals surface area contributed by atoms with E-state index in [4.69, 9.17) is 9.57 Å². The summed E-state index contributed by atoms with van der Waals surface area (Å²) in [5.74, 6) is -0.319. The molecule has 146 valence electrons. The maximum atomic E-state index is 12.8. The van der Waals surface area contributed by atoms with Gasteiger partial charge in [-0.2, -0.15) is 0 Å². The molecule has 0 unspecified atom stereocenters. The molecule has 4 rings (SSSR count). The number of hydroxylamine groups is 1. The van der Waals surface area contributed by atoms with Crippen LogP contribution in [-0.2, 0) is 9.57 Å². The Balaban J connectivity index is 1.76. The van der Waals surface area contributed by atoms with E-state index in [0.717, 1.165) is 35.2 Å². The quantitative estimate of drug-likeness (QED) is 0.726. The molecular formula is C24H27NO3. The van der Waals surface area contributed by atoms with Crippen LogP contribution in [0, 0.1) is 6.92 Å². The zero-order chi connectivity index (χ0) is 19.9. The van der Waals surface area contributed by atoms with Crippen molar-refractivity contribution in [3.8, 4) is 11.1 Å². The smallest absolute Gasteiger partial charge is 0.338 e. The molecule has 1 aliphatic carbocycles. The fourth-order valence-corrected chi connectivity index (χ4v) is 3.54. The van der Waals surface area contributed by atoms with E-state index in [0.29, 0.717) is 5.56 Å². The largest absolute Gasteiger partial charge is 0.456 e. The third-order valence-electron chi connectivity index (χ3n) is 5.24. The molecule has 0 saturated heterocycles. The van der Waals surface area contributed by atoms with Gasteiger partial charge in [-0.1, -0.05) is 29.8 Å². The Hall–Kier alpha value is -2.59. The maximum Gasteiger partial charge on any atom is 0.338 e. The molecule has 2 aromatic rings. The molecule has 1 fully saturated rings. The second kappa shape index (κ2) is 6.78. The zero-order valence-corrected chi connectivity index (χ0v) is 17.0. The molecule has 4 nitrogen and oxygen atoms in total. The zero-order valence-electron chi connectivity index (χ0n) is 17.0. The third kappa shape index (κ3) is 3.83. The van der Waals surface area contributed by atoms with Crippen LogP contribution in [-0.4, -0.2) is 17.2 Å². The lowest BCUT2D eigenvalue weighted by Gasteiger charge is -2.33. The van der Waals surface area contributed by atoms with E-state index in [-0.39, 0.29) is 11.6 Å². The van der Waals surface area contributed by atoms with E-state index in [2.05, 4.69) is 48.8 Å². The lowest BCUT2D eigenvalue weighted by Crippen LogP contribution is -2.36. The lowest BCUT2D eigenvalue weighted by molar-refractivity contribution is -0.0821. The Bertz CT molecular complexity index is 931. The molecular weight excluding hydrogens is 350 g/mol. The molecule has 2 aliphatic rings. The lowest BCUT2D eigenvalue weighted by atomic mass is 9.80. The van der Waals surface area contributed by atoms with Crippen molar-refractivity contribution >= 4 is 11.7 Å². The van der Waals surface area contributed by atoms with Crippen molar-refractivity contribution in [1.29, 1.82) is 0 Å². The van der Waals surface area contributed by atoms with Gasteiger partial charge in [0.05, 0.1) is 11.3 Å². The van der Waals surface area contributed by atoms with Gasteiger partial charge < -0.3 is 4.74 Å². The van der Waals surface area contributed by atoms with Gasteiger partial charge in [-0.05, 0) is 82.4 Å². The highest BCUT2D eigenvalue weighted by molar-refractivity contribution is 5.93. The highest BCUT2D eigenvalue weighted by Crippen LogP contribution is 2.42. The number of aryl methyl sites for hydroxylation is 1. The first kappa shape index (κ1) is 18.8. The first-order valence-corrected chi connectivity index (χ1v) is 9.86. The molecule has 1 heterocycles. The molecule has 1 N–H and O–H groups in total. The van der Waals surface area contributed by atoms with Crippen molar-refractivity contribution in [2.45, 2.75) is 58.2 Å². The predicted molar refractivity (Wildman–Crippen MR) is 111 cm³/mol. The third-order valence-corrected chi connectivity index (χ3v) is 5.24. The second-order valence-electron chi connectivity index (χ2n) is 8.85. The van der Waals surface area contributed by atoms with Crippen LogP contribution in [0.15, 0.2) is 48.5 Å². The van der Waals surface area contributed by atoms with E-state index in [1.807, 2.05) is 32.9 Å². The average Bonchev–Trinajstić information content (AvgIpc) is 3.07. The van der Waals surface area contributed by atoms with Crippen LogP contribution in [0.2, 0.25) is 0 Å². The van der Waals surface area contributed by atoms with Gasteiger partial charge in [0.15, 0.2) is 0 Å². The summed E-state index contributed by atoms with van der Waals surface area (Å²) in [6.45, 7) is 7.70. The van der Waals surface area contributed by atoms with Gasteiger partial charge in [0.1, 0.15) is 11.2 Å². The van der Waals surface area contributed by atoms with Crippen LogP contribution in [0.4, 0.5) is 0 Å². The summed E-state index contributed by atoms with van der Waals surface area (Å²) in [4.78, 5) is 18.6. The minimum atomic E-state index is -0.541. The minimum absolute atomic E-state index is 0.179. The van der Waals surface area contributed by atoms with Gasteiger partial charge in [0, 0.05) is 5.56 Å². The molecule has 28 heavy (non-hydrogen) atoms. The minimum Gasteiger partial charge on any atom is -0.456 e. The molecule has 0 aromatic heterocycles. The van der Waals surface area contributed by atoms with E-state index in [1.165, 1.54) is 12.0 Å². The standard InChI is InChI=1S/C24H27NO3/c1-16-6-8-17(9-7-16)18-12-19(21-15-24(28-25-21)10-5-11-24)14-20(13-18)22(26)27-23(2,3)4/h6-9,12-15,25H,5,10-11H2,1-4H3. The summed E-state index contributed by atoms with van der Waals surface area (Å²) in [5, 5.41) is 0. The molecule has 1 aliphatic heterocycles. The number of nitrogens with one attached hydrogen (secondary N) is 1. The number of carbonyl (C=O) groups is 1. The maximum absolute atomic E-state index is 12.8. The van der Waals surface area contributed by atoms with Crippen LogP contribution in [0.25, 0.3) is 16.8 Å². The van der Waals surface area contributed by atoms with Gasteiger partial charge in [-0.15, -0.1) is 0 Å². The topological polar surface area (TPSA) is 47.6 Å². The normalized spacial score (nSPS) is 17.6. The molecule has 2 aromatic carbocycles. The molecule has 1 saturated carbocycles. The fourth-order valence-electron chi connectivity index (χ4n) is 3.54. The fraction of sp³-hybridized carbons (Fsp3) is 0.375. The van der Waals surface area contributed by atoms with Crippen molar-refractivity contribution in [3.05, 3.63) is 65.2 Å². The summed E-state index contributed by atoms with van der Waals surface area (Å²) >= 11 is 0. The SMILES string of the molecule is Cc1ccc(-c2cc(C(=O)OC(C)(C)C)cc(C3=CC4(CCC4)ON3)c2)cc1. The number of benzene rings is 2. The van der Waals surface area contributed by atoms with Gasteiger partial charge in [0.25, 0.3) is 0 Å². The van der Waals surface area contributed by atoms with Crippen LogP contribution < -0.4 is 5.48 Å². The van der Waals surface area contributed by atoms with Crippen molar-refractivity contribution in [2.75, 3.05) is 0 Å². The Morgan fingerprint density at radius 2 is 1.71 bits per heavy atom. The first-order valence-electron chi connectivity index (χ1n) is 9.86. The molecule has 0 bridgehead atoms. The number of hydrogen-bond acceptors (Lipinski definition) is 4. The second-order valence-corrected chi connectivity index (χ2v) is 8.85. The average molecular weight is 377 g/mol. The van der Waals surface area contributed by atoms with E-state index < -0.39 is 5.60 Å². The first-order chi connectivity index (χ1) is 13.2. The molecule has 0 radical (unpaired) electrons. The summed E-state index contributed by atoms with van der Waals surface area (Å²) in [5.41, 5.74) is 8.00. The van der Waals surface area contributed by atoms with Crippen molar-refractivity contribution in [1.82, 2.24) is 5.48 Å². The van der Waals surface area contributed by atoms with Gasteiger partial charge in [0.2, 0.25) is 0 Å². The Morgan fingerprint density at radius 3 is 2.29 bits per heavy atom. The van der Waals surface area contributed by atoms with Gasteiger partial charge in [-0.25, -0.2) is 4.79 Å². The Kier molecular flexibility index (Phi) is 4.54. The molecule has 0 amide bonds. The summed E-state index contributed by atoms with van der Waals surface area (Å²) in [7, 11) is 0. The van der Waals surface area contributed by atoms with Gasteiger partial charge in [-0.3, -0.25) is 10.3 Å². The number of esters is 1. The number of rotatable bonds is 3. The number of carbonyl (C=O) groups excluding carboxylic acids is 1. The molecule has 4 heteroatoms. The highest BCUT2D eigenvalue weighted by Gasteiger charge is 2.41. The highest BCUT2D eigenvalue weighted by atomic mass is 16.7. The monoisotopic (exact) mass is 377 g/mol. The Morgan fingerprint density at radius 1 is 1.04 bits per heavy atom. The summed E-state index contributed by atoms with van der Waals surface area (Å²) in [6, 6.07) is 14.2. The van der Waals surface area contributed by atoms with Crippen molar-refractivity contribution in [2.24, 2.45) is 0 Å². The van der Waals surface area contributed by atoms with E-state index in [1.54, 1.807) is 0 Å². The Labute approximate surface area is 166 Å². The number of hydrogen-bond donors (Lipinski definition) is 1. The van der Waals surface area contributed by atoms with Crippen molar-refractivity contribution in [3.63, 3.8) is 0 Å². The molecule has 1 spiro atoms. The summed E-state index contributed by atoms with van der Waals surface area (Å²) < 4.78 is 5.61. The van der Waals surface area contributed by atoms with E-state index >= 15 is 0 Å².